The largest absolute Gasteiger partial charge is 0.468 e. The molecule has 1 aromatic heterocycles. The molecule has 15 heavy (non-hydrogen) atoms. The van der Waals surface area contributed by atoms with E-state index in [1.807, 2.05) is 24.7 Å². The van der Waals surface area contributed by atoms with Gasteiger partial charge in [0, 0.05) is 24.7 Å². The van der Waals surface area contributed by atoms with Gasteiger partial charge in [-0.3, -0.25) is 4.79 Å². The molecule has 0 amide bonds. The normalized spacial score (nSPS) is 14.7. The Labute approximate surface area is 93.0 Å². The summed E-state index contributed by atoms with van der Waals surface area (Å²) in [5.41, 5.74) is 5.71. The second kappa shape index (κ2) is 5.18. The van der Waals surface area contributed by atoms with E-state index in [1.165, 1.54) is 18.9 Å². The van der Waals surface area contributed by atoms with Crippen LogP contribution in [0.1, 0.15) is 6.92 Å². The van der Waals surface area contributed by atoms with Crippen molar-refractivity contribution in [2.75, 3.05) is 7.11 Å². The number of imidazole rings is 1. The molecule has 0 aliphatic heterocycles. The molecule has 0 aromatic carbocycles. The SMILES string of the molecule is COC(=O)[C@@H](N)[C@H](C)Sc1nccn1C. The van der Waals surface area contributed by atoms with Crippen LogP contribution >= 0.6 is 11.8 Å². The minimum atomic E-state index is -0.628. The Balaban J connectivity index is 2.59. The second-order valence-electron chi connectivity index (χ2n) is 3.19. The molecule has 1 heterocycles. The number of nitrogens with two attached hydrogens (primary N) is 1. The van der Waals surface area contributed by atoms with Crippen LogP contribution in [0.15, 0.2) is 17.6 Å². The van der Waals surface area contributed by atoms with Crippen molar-refractivity contribution in [3.8, 4) is 0 Å². The number of methoxy groups -OCH3 is 1. The molecule has 0 aliphatic rings. The summed E-state index contributed by atoms with van der Waals surface area (Å²) in [5.74, 6) is -0.399. The monoisotopic (exact) mass is 229 g/mol. The number of esters is 1. The number of rotatable bonds is 4. The van der Waals surface area contributed by atoms with Gasteiger partial charge in [0.1, 0.15) is 6.04 Å². The summed E-state index contributed by atoms with van der Waals surface area (Å²) in [7, 11) is 3.23. The molecule has 1 aromatic rings. The summed E-state index contributed by atoms with van der Waals surface area (Å²) in [6.45, 7) is 1.88. The van der Waals surface area contributed by atoms with Gasteiger partial charge < -0.3 is 15.0 Å². The fraction of sp³-hybridized carbons (Fsp3) is 0.556. The molecular weight excluding hydrogens is 214 g/mol. The van der Waals surface area contributed by atoms with E-state index < -0.39 is 12.0 Å². The number of carbonyl (C=O) groups excluding carboxylic acids is 1. The highest BCUT2D eigenvalue weighted by molar-refractivity contribution is 7.99. The van der Waals surface area contributed by atoms with E-state index in [4.69, 9.17) is 5.73 Å². The molecule has 0 saturated heterocycles. The molecule has 2 atom stereocenters. The average molecular weight is 229 g/mol. The summed E-state index contributed by atoms with van der Waals surface area (Å²) < 4.78 is 6.46. The van der Waals surface area contributed by atoms with Gasteiger partial charge in [0.15, 0.2) is 5.16 Å². The van der Waals surface area contributed by atoms with Gasteiger partial charge in [0.2, 0.25) is 0 Å². The topological polar surface area (TPSA) is 70.1 Å². The first-order valence-electron chi connectivity index (χ1n) is 4.53. The van der Waals surface area contributed by atoms with E-state index in [0.717, 1.165) is 5.16 Å². The Morgan fingerprint density at radius 3 is 2.87 bits per heavy atom. The molecule has 0 fully saturated rings. The molecule has 6 heteroatoms. The molecule has 1 rings (SSSR count). The summed E-state index contributed by atoms with van der Waals surface area (Å²) in [6.07, 6.45) is 3.55. The average Bonchev–Trinajstić information content (AvgIpc) is 2.62. The third kappa shape index (κ3) is 2.97. The van der Waals surface area contributed by atoms with Crippen LogP contribution in [0.25, 0.3) is 0 Å². The van der Waals surface area contributed by atoms with Gasteiger partial charge in [-0.05, 0) is 0 Å². The maximum Gasteiger partial charge on any atom is 0.323 e. The molecule has 2 N–H and O–H groups in total. The smallest absolute Gasteiger partial charge is 0.323 e. The number of aromatic nitrogens is 2. The van der Waals surface area contributed by atoms with Gasteiger partial charge in [-0.25, -0.2) is 4.98 Å². The number of ether oxygens (including phenoxy) is 1. The summed E-state index contributed by atoms with van der Waals surface area (Å²) in [4.78, 5) is 15.3. The van der Waals surface area contributed by atoms with Crippen molar-refractivity contribution < 1.29 is 9.53 Å². The van der Waals surface area contributed by atoms with Gasteiger partial charge in [-0.1, -0.05) is 18.7 Å². The van der Waals surface area contributed by atoms with Crippen molar-refractivity contribution in [3.05, 3.63) is 12.4 Å². The maximum atomic E-state index is 11.2. The lowest BCUT2D eigenvalue weighted by Gasteiger charge is -2.16. The van der Waals surface area contributed by atoms with E-state index in [9.17, 15) is 4.79 Å². The fourth-order valence-electron chi connectivity index (χ4n) is 1.03. The van der Waals surface area contributed by atoms with Crippen LogP contribution in [-0.4, -0.2) is 33.9 Å². The summed E-state index contributed by atoms with van der Waals surface area (Å²) in [5, 5.41) is 0.764. The van der Waals surface area contributed by atoms with Crippen molar-refractivity contribution in [2.45, 2.75) is 23.4 Å². The molecule has 0 radical (unpaired) electrons. The molecule has 84 valence electrons. The Morgan fingerprint density at radius 1 is 1.73 bits per heavy atom. The lowest BCUT2D eigenvalue weighted by molar-refractivity contribution is -0.142. The zero-order chi connectivity index (χ0) is 11.4. The highest BCUT2D eigenvalue weighted by Crippen LogP contribution is 2.22. The highest BCUT2D eigenvalue weighted by Gasteiger charge is 2.23. The lowest BCUT2D eigenvalue weighted by atomic mass is 10.2. The predicted molar refractivity (Wildman–Crippen MR) is 58.5 cm³/mol. The van der Waals surface area contributed by atoms with Crippen LogP contribution < -0.4 is 5.73 Å². The van der Waals surface area contributed by atoms with Crippen molar-refractivity contribution >= 4 is 17.7 Å². The minimum absolute atomic E-state index is 0.0708. The fourth-order valence-corrected chi connectivity index (χ4v) is 1.97. The van der Waals surface area contributed by atoms with Crippen molar-refractivity contribution in [1.29, 1.82) is 0 Å². The van der Waals surface area contributed by atoms with Gasteiger partial charge in [0.25, 0.3) is 0 Å². The van der Waals surface area contributed by atoms with Crippen molar-refractivity contribution in [3.63, 3.8) is 0 Å². The molecule has 5 nitrogen and oxygen atoms in total. The van der Waals surface area contributed by atoms with Gasteiger partial charge >= 0.3 is 5.97 Å². The van der Waals surface area contributed by atoms with Crippen LogP contribution in [0.4, 0.5) is 0 Å². The molecule has 0 saturated carbocycles. The van der Waals surface area contributed by atoms with E-state index in [0.29, 0.717) is 0 Å². The van der Waals surface area contributed by atoms with E-state index >= 15 is 0 Å². The predicted octanol–water partition coefficient (Wildman–Crippen LogP) is 0.401. The number of thioether (sulfide) groups is 1. The zero-order valence-electron chi connectivity index (χ0n) is 9.01. The number of aryl methyl sites for hydroxylation is 1. The first-order valence-corrected chi connectivity index (χ1v) is 5.41. The Hall–Kier alpha value is -1.01. The summed E-state index contributed by atoms with van der Waals surface area (Å²) >= 11 is 1.45. The van der Waals surface area contributed by atoms with E-state index in [1.54, 1.807) is 6.20 Å². The van der Waals surface area contributed by atoms with Gasteiger partial charge in [-0.15, -0.1) is 0 Å². The van der Waals surface area contributed by atoms with Crippen LogP contribution in [-0.2, 0) is 16.6 Å². The standard InChI is InChI=1S/C9H15N3O2S/c1-6(7(10)8(13)14-3)15-9-11-4-5-12(9)2/h4-7H,10H2,1-3H3/t6-,7-/m0/s1. The third-order valence-electron chi connectivity index (χ3n) is 2.05. The number of hydrogen-bond acceptors (Lipinski definition) is 5. The van der Waals surface area contributed by atoms with Crippen LogP contribution in [0.3, 0.4) is 0 Å². The van der Waals surface area contributed by atoms with Crippen LogP contribution in [0.5, 0.6) is 0 Å². The highest BCUT2D eigenvalue weighted by atomic mass is 32.2. The first kappa shape index (κ1) is 12.1. The molecule has 0 unspecified atom stereocenters. The van der Waals surface area contributed by atoms with Crippen molar-refractivity contribution in [2.24, 2.45) is 12.8 Å². The zero-order valence-corrected chi connectivity index (χ0v) is 9.82. The minimum Gasteiger partial charge on any atom is -0.468 e. The quantitative estimate of drug-likeness (QED) is 0.598. The summed E-state index contributed by atoms with van der Waals surface area (Å²) in [6, 6.07) is -0.628. The van der Waals surface area contributed by atoms with Crippen LogP contribution in [0, 0.1) is 0 Å². The number of nitrogens with zero attached hydrogens (tertiary/aromatic N) is 2. The Kier molecular flexibility index (Phi) is 4.16. The second-order valence-corrected chi connectivity index (χ2v) is 4.54. The van der Waals surface area contributed by atoms with E-state index in [2.05, 4.69) is 9.72 Å². The molecule has 0 bridgehead atoms. The third-order valence-corrected chi connectivity index (χ3v) is 3.32. The Bertz CT molecular complexity index is 340. The van der Waals surface area contributed by atoms with E-state index in [-0.39, 0.29) is 5.25 Å². The lowest BCUT2D eigenvalue weighted by Crippen LogP contribution is -2.39. The van der Waals surface area contributed by atoms with Crippen molar-refractivity contribution in [1.82, 2.24) is 9.55 Å². The number of carbonyl (C=O) groups is 1. The van der Waals surface area contributed by atoms with Crippen LogP contribution in [0.2, 0.25) is 0 Å². The molecular formula is C9H15N3O2S. The first-order chi connectivity index (χ1) is 7.06. The van der Waals surface area contributed by atoms with Gasteiger partial charge in [0.05, 0.1) is 7.11 Å². The maximum absolute atomic E-state index is 11.2. The number of hydrogen-bond donors (Lipinski definition) is 1. The Morgan fingerprint density at radius 2 is 2.40 bits per heavy atom. The van der Waals surface area contributed by atoms with Gasteiger partial charge in [-0.2, -0.15) is 0 Å². The molecule has 0 spiro atoms. The molecule has 0 aliphatic carbocycles.